The maximum absolute atomic E-state index is 13.9. The number of carbonyl (C=O) groups excluding carboxylic acids is 2. The quantitative estimate of drug-likeness (QED) is 0.787. The third kappa shape index (κ3) is 3.02. The summed E-state index contributed by atoms with van der Waals surface area (Å²) in [5.74, 6) is -7.53. The van der Waals surface area contributed by atoms with E-state index in [2.05, 4.69) is 0 Å². The predicted octanol–water partition coefficient (Wildman–Crippen LogP) is 3.73. The van der Waals surface area contributed by atoms with E-state index >= 15 is 0 Å². The molecule has 0 saturated carbocycles. The van der Waals surface area contributed by atoms with E-state index < -0.39 is 23.7 Å². The Morgan fingerprint density at radius 2 is 1.24 bits per heavy atom. The molecule has 0 amide bonds. The van der Waals surface area contributed by atoms with Crippen molar-refractivity contribution in [1.29, 1.82) is 0 Å². The Morgan fingerprint density at radius 1 is 0.810 bits per heavy atom. The van der Waals surface area contributed by atoms with Crippen LogP contribution >= 0.6 is 0 Å². The molecular weight excluding hydrogens is 281 g/mol. The van der Waals surface area contributed by atoms with Gasteiger partial charge in [0.15, 0.2) is 0 Å². The molecule has 0 radical (unpaired) electrons. The first-order valence-electron chi connectivity index (χ1n) is 6.15. The van der Waals surface area contributed by atoms with Crippen LogP contribution in [0.1, 0.15) is 20.7 Å². The lowest BCUT2D eigenvalue weighted by Gasteiger charge is -2.18. The minimum Gasteiger partial charge on any atom is -0.291 e. The molecule has 5 heteroatoms. The third-order valence-electron chi connectivity index (χ3n) is 2.95. The van der Waals surface area contributed by atoms with Gasteiger partial charge < -0.3 is 0 Å². The number of benzene rings is 2. The van der Waals surface area contributed by atoms with E-state index in [0.29, 0.717) is 0 Å². The van der Waals surface area contributed by atoms with Crippen LogP contribution in [0.15, 0.2) is 60.7 Å². The second kappa shape index (κ2) is 5.91. The molecule has 0 N–H and O–H groups in total. The molecule has 0 saturated heterocycles. The molecule has 0 bridgehead atoms. The van der Waals surface area contributed by atoms with Crippen LogP contribution < -0.4 is 0 Å². The number of Topliss-reactive ketones (excluding diaryl/α,β-unsaturated/α-hetero) is 2. The van der Waals surface area contributed by atoms with Crippen LogP contribution in [0.3, 0.4) is 0 Å². The van der Waals surface area contributed by atoms with Gasteiger partial charge in [0.1, 0.15) is 0 Å². The Morgan fingerprint density at radius 3 is 1.71 bits per heavy atom. The van der Waals surface area contributed by atoms with Gasteiger partial charge in [-0.05, 0) is 0 Å². The molecule has 0 aromatic heterocycles. The van der Waals surface area contributed by atoms with Gasteiger partial charge >= 0.3 is 5.92 Å². The van der Waals surface area contributed by atoms with E-state index in [0.717, 1.165) is 12.1 Å². The second-order valence-electron chi connectivity index (χ2n) is 4.41. The highest BCUT2D eigenvalue weighted by atomic mass is 19.3. The SMILES string of the molecule is O=C(c1ccccc1)C(F)C(F)(F)C(=O)c1ccccc1. The Kier molecular flexibility index (Phi) is 4.21. The van der Waals surface area contributed by atoms with Gasteiger partial charge in [-0.2, -0.15) is 8.78 Å². The van der Waals surface area contributed by atoms with Crippen molar-refractivity contribution in [2.75, 3.05) is 0 Å². The molecule has 21 heavy (non-hydrogen) atoms. The fourth-order valence-electron chi connectivity index (χ4n) is 1.81. The summed E-state index contributed by atoms with van der Waals surface area (Å²) in [6.07, 6.45) is -3.22. The highest BCUT2D eigenvalue weighted by molar-refractivity contribution is 6.08. The summed E-state index contributed by atoms with van der Waals surface area (Å²) in [5, 5.41) is 0. The molecule has 0 aliphatic heterocycles. The summed E-state index contributed by atoms with van der Waals surface area (Å²) < 4.78 is 41.7. The Hall–Kier alpha value is -2.43. The molecule has 2 rings (SSSR count). The standard InChI is InChI=1S/C16H11F3O2/c17-14(13(20)11-7-3-1-4-8-11)16(18,19)15(21)12-9-5-2-6-10-12/h1-10,14H. The monoisotopic (exact) mass is 292 g/mol. The number of alkyl halides is 3. The predicted molar refractivity (Wildman–Crippen MR) is 71.4 cm³/mol. The Labute approximate surface area is 119 Å². The van der Waals surface area contributed by atoms with Crippen molar-refractivity contribution in [2.24, 2.45) is 0 Å². The fraction of sp³-hybridized carbons (Fsp3) is 0.125. The molecule has 0 aliphatic rings. The van der Waals surface area contributed by atoms with Gasteiger partial charge in [0.05, 0.1) is 0 Å². The van der Waals surface area contributed by atoms with Crippen LogP contribution in [0.4, 0.5) is 13.2 Å². The molecule has 0 spiro atoms. The van der Waals surface area contributed by atoms with Gasteiger partial charge in [0.2, 0.25) is 17.7 Å². The molecule has 1 atom stereocenters. The number of hydrogen-bond acceptors (Lipinski definition) is 2. The van der Waals surface area contributed by atoms with Crippen molar-refractivity contribution in [3.63, 3.8) is 0 Å². The summed E-state index contributed by atoms with van der Waals surface area (Å²) in [5.41, 5.74) is -0.545. The van der Waals surface area contributed by atoms with Crippen LogP contribution in [-0.2, 0) is 0 Å². The molecule has 0 heterocycles. The van der Waals surface area contributed by atoms with Crippen LogP contribution in [0, 0.1) is 0 Å². The largest absolute Gasteiger partial charge is 0.347 e. The van der Waals surface area contributed by atoms with E-state index in [9.17, 15) is 22.8 Å². The van der Waals surface area contributed by atoms with E-state index in [-0.39, 0.29) is 11.1 Å². The fourth-order valence-corrected chi connectivity index (χ4v) is 1.81. The number of halogens is 3. The first-order valence-corrected chi connectivity index (χ1v) is 6.15. The molecular formula is C16H11F3O2. The third-order valence-corrected chi connectivity index (χ3v) is 2.95. The van der Waals surface area contributed by atoms with Crippen molar-refractivity contribution < 1.29 is 22.8 Å². The van der Waals surface area contributed by atoms with Gasteiger partial charge in [-0.25, -0.2) is 4.39 Å². The van der Waals surface area contributed by atoms with Gasteiger partial charge in [0, 0.05) is 11.1 Å². The summed E-state index contributed by atoms with van der Waals surface area (Å²) >= 11 is 0. The second-order valence-corrected chi connectivity index (χ2v) is 4.41. The maximum Gasteiger partial charge on any atom is 0.347 e. The van der Waals surface area contributed by atoms with Gasteiger partial charge in [-0.15, -0.1) is 0 Å². The Bertz CT molecular complexity index is 639. The average molecular weight is 292 g/mol. The molecule has 2 nitrogen and oxygen atoms in total. The maximum atomic E-state index is 13.9. The number of hydrogen-bond donors (Lipinski definition) is 0. The van der Waals surface area contributed by atoms with Crippen molar-refractivity contribution in [3.8, 4) is 0 Å². The van der Waals surface area contributed by atoms with Crippen LogP contribution in [0.25, 0.3) is 0 Å². The van der Waals surface area contributed by atoms with Crippen LogP contribution in [-0.4, -0.2) is 23.7 Å². The van der Waals surface area contributed by atoms with Crippen molar-refractivity contribution in [3.05, 3.63) is 71.8 Å². The highest BCUT2D eigenvalue weighted by Gasteiger charge is 2.51. The molecule has 108 valence electrons. The lowest BCUT2D eigenvalue weighted by atomic mass is 9.96. The Balaban J connectivity index is 2.27. The first kappa shape index (κ1) is 15.0. The lowest BCUT2D eigenvalue weighted by Crippen LogP contribution is -2.43. The average Bonchev–Trinajstić information content (AvgIpc) is 2.54. The van der Waals surface area contributed by atoms with E-state index in [1.165, 1.54) is 42.5 Å². The van der Waals surface area contributed by atoms with E-state index in [4.69, 9.17) is 0 Å². The molecule has 2 aromatic rings. The van der Waals surface area contributed by atoms with Crippen molar-refractivity contribution in [2.45, 2.75) is 12.1 Å². The lowest BCUT2D eigenvalue weighted by molar-refractivity contribution is -0.0339. The van der Waals surface area contributed by atoms with E-state index in [1.807, 2.05) is 0 Å². The van der Waals surface area contributed by atoms with Gasteiger partial charge in [-0.1, -0.05) is 60.7 Å². The number of ketones is 2. The van der Waals surface area contributed by atoms with Crippen molar-refractivity contribution >= 4 is 11.6 Å². The molecule has 0 fully saturated rings. The first-order chi connectivity index (χ1) is 9.94. The number of rotatable bonds is 5. The molecule has 2 aromatic carbocycles. The summed E-state index contributed by atoms with van der Waals surface area (Å²) in [7, 11) is 0. The number of carbonyl (C=O) groups is 2. The van der Waals surface area contributed by atoms with Gasteiger partial charge in [0.25, 0.3) is 0 Å². The minimum absolute atomic E-state index is 0.203. The van der Waals surface area contributed by atoms with Crippen LogP contribution in [0.5, 0.6) is 0 Å². The van der Waals surface area contributed by atoms with Crippen molar-refractivity contribution in [1.82, 2.24) is 0 Å². The minimum atomic E-state index is -4.41. The smallest absolute Gasteiger partial charge is 0.291 e. The van der Waals surface area contributed by atoms with E-state index in [1.54, 1.807) is 6.07 Å². The molecule has 1 unspecified atom stereocenters. The zero-order valence-electron chi connectivity index (χ0n) is 10.8. The normalized spacial score (nSPS) is 12.7. The summed E-state index contributed by atoms with van der Waals surface area (Å²) in [6.45, 7) is 0. The molecule has 0 aliphatic carbocycles. The van der Waals surface area contributed by atoms with Crippen LogP contribution in [0.2, 0.25) is 0 Å². The highest BCUT2D eigenvalue weighted by Crippen LogP contribution is 2.28. The zero-order chi connectivity index (χ0) is 15.5. The summed E-state index contributed by atoms with van der Waals surface area (Å²) in [6, 6.07) is 13.5. The zero-order valence-corrected chi connectivity index (χ0v) is 10.8. The topological polar surface area (TPSA) is 34.1 Å². The summed E-state index contributed by atoms with van der Waals surface area (Å²) in [4.78, 5) is 23.4. The van der Waals surface area contributed by atoms with Gasteiger partial charge in [-0.3, -0.25) is 9.59 Å².